The van der Waals surface area contributed by atoms with E-state index in [1.165, 1.54) is 26.2 Å². The van der Waals surface area contributed by atoms with Gasteiger partial charge in [-0.3, -0.25) is 4.79 Å². The molecule has 0 aliphatic carbocycles. The molecule has 4 nitrogen and oxygen atoms in total. The Morgan fingerprint density at radius 1 is 1.06 bits per heavy atom. The van der Waals surface area contributed by atoms with Gasteiger partial charge in [-0.2, -0.15) is 0 Å². The van der Waals surface area contributed by atoms with Crippen LogP contribution in [0.15, 0.2) is 12.3 Å². The zero-order valence-electron chi connectivity index (χ0n) is 10.8. The second-order valence-corrected chi connectivity index (χ2v) is 3.92. The molecule has 0 rings (SSSR count). The van der Waals surface area contributed by atoms with Gasteiger partial charge in [0.25, 0.3) is 0 Å². The molecule has 0 amide bonds. The van der Waals surface area contributed by atoms with Gasteiger partial charge in [0.1, 0.15) is 0 Å². The van der Waals surface area contributed by atoms with Gasteiger partial charge in [0.05, 0.1) is 6.61 Å². The summed E-state index contributed by atoms with van der Waals surface area (Å²) in [5.41, 5.74) is 0. The Kier molecular flexibility index (Phi) is 9.11. The van der Waals surface area contributed by atoms with Crippen LogP contribution in [-0.2, 0) is 19.1 Å². The average Bonchev–Trinajstić information content (AvgIpc) is 2.26. The highest BCUT2D eigenvalue weighted by Gasteiger charge is 2.11. The average molecular weight is 242 g/mol. The lowest BCUT2D eigenvalue weighted by Gasteiger charge is -2.06. The Bertz CT molecular complexity index is 258. The first-order chi connectivity index (χ1) is 8.07. The second kappa shape index (κ2) is 9.87. The van der Waals surface area contributed by atoms with Crippen molar-refractivity contribution in [2.45, 2.75) is 52.4 Å². The molecule has 98 valence electrons. The van der Waals surface area contributed by atoms with E-state index < -0.39 is 11.9 Å². The van der Waals surface area contributed by atoms with Crippen LogP contribution < -0.4 is 0 Å². The van der Waals surface area contributed by atoms with Crippen molar-refractivity contribution in [2.24, 2.45) is 0 Å². The molecule has 0 aromatic heterocycles. The molecular formula is C13H22O4. The quantitative estimate of drug-likeness (QED) is 0.270. The fraction of sp³-hybridized carbons (Fsp3) is 0.692. The predicted molar refractivity (Wildman–Crippen MR) is 65.2 cm³/mol. The van der Waals surface area contributed by atoms with Crippen LogP contribution in [0.4, 0.5) is 0 Å². The molecule has 0 saturated carbocycles. The van der Waals surface area contributed by atoms with Crippen LogP contribution in [0.1, 0.15) is 52.4 Å². The van der Waals surface area contributed by atoms with Crippen LogP contribution in [0.25, 0.3) is 0 Å². The van der Waals surface area contributed by atoms with Gasteiger partial charge in [0.2, 0.25) is 5.76 Å². The fourth-order valence-corrected chi connectivity index (χ4v) is 1.34. The smallest absolute Gasteiger partial charge is 0.373 e. The third kappa shape index (κ3) is 9.60. The lowest BCUT2D eigenvalue weighted by Crippen LogP contribution is -2.12. The number of ether oxygens (including phenoxy) is 2. The van der Waals surface area contributed by atoms with E-state index in [4.69, 9.17) is 4.74 Å². The van der Waals surface area contributed by atoms with Crippen LogP contribution in [0.3, 0.4) is 0 Å². The highest BCUT2D eigenvalue weighted by molar-refractivity contribution is 5.88. The summed E-state index contributed by atoms with van der Waals surface area (Å²) in [6.45, 7) is 7.05. The molecule has 17 heavy (non-hydrogen) atoms. The topological polar surface area (TPSA) is 52.6 Å². The standard InChI is InChI=1S/C13H22O4/c1-4-5-6-7-8-9-10-16-13(15)11(2)17-12(3)14/h2,4-10H2,1,3H3. The number of rotatable bonds is 9. The van der Waals surface area contributed by atoms with Crippen molar-refractivity contribution in [1.29, 1.82) is 0 Å². The highest BCUT2D eigenvalue weighted by Crippen LogP contribution is 2.06. The third-order valence-corrected chi connectivity index (χ3v) is 2.23. The summed E-state index contributed by atoms with van der Waals surface area (Å²) in [4.78, 5) is 21.8. The fourth-order valence-electron chi connectivity index (χ4n) is 1.34. The first kappa shape index (κ1) is 15.7. The molecule has 0 aromatic rings. The number of hydrogen-bond acceptors (Lipinski definition) is 4. The van der Waals surface area contributed by atoms with Crippen LogP contribution in [0.5, 0.6) is 0 Å². The summed E-state index contributed by atoms with van der Waals surface area (Å²) in [7, 11) is 0. The van der Waals surface area contributed by atoms with Crippen molar-refractivity contribution in [1.82, 2.24) is 0 Å². The van der Waals surface area contributed by atoms with E-state index in [-0.39, 0.29) is 5.76 Å². The second-order valence-electron chi connectivity index (χ2n) is 3.92. The first-order valence-corrected chi connectivity index (χ1v) is 6.12. The summed E-state index contributed by atoms with van der Waals surface area (Å²) < 4.78 is 9.41. The minimum atomic E-state index is -0.659. The molecule has 0 aliphatic heterocycles. The van der Waals surface area contributed by atoms with Gasteiger partial charge in [-0.15, -0.1) is 0 Å². The van der Waals surface area contributed by atoms with Crippen LogP contribution in [0.2, 0.25) is 0 Å². The zero-order chi connectivity index (χ0) is 13.1. The van der Waals surface area contributed by atoms with Crippen molar-refractivity contribution in [3.05, 3.63) is 12.3 Å². The zero-order valence-corrected chi connectivity index (χ0v) is 10.8. The third-order valence-electron chi connectivity index (χ3n) is 2.23. The van der Waals surface area contributed by atoms with Crippen molar-refractivity contribution >= 4 is 11.9 Å². The number of unbranched alkanes of at least 4 members (excludes halogenated alkanes) is 5. The Morgan fingerprint density at radius 3 is 2.24 bits per heavy atom. The van der Waals surface area contributed by atoms with Crippen molar-refractivity contribution < 1.29 is 19.1 Å². The summed E-state index contributed by atoms with van der Waals surface area (Å²) in [5.74, 6) is -1.47. The number of carbonyl (C=O) groups excluding carboxylic acids is 2. The van der Waals surface area contributed by atoms with E-state index in [1.54, 1.807) is 0 Å². The largest absolute Gasteiger partial charge is 0.460 e. The lowest BCUT2D eigenvalue weighted by atomic mass is 10.1. The van der Waals surface area contributed by atoms with E-state index in [0.717, 1.165) is 19.3 Å². The maximum atomic E-state index is 11.2. The molecule has 0 spiro atoms. The van der Waals surface area contributed by atoms with Crippen molar-refractivity contribution in [3.63, 3.8) is 0 Å². The SMILES string of the molecule is C=C(OC(C)=O)C(=O)OCCCCCCCC. The number of carbonyl (C=O) groups is 2. The van der Waals surface area contributed by atoms with E-state index in [0.29, 0.717) is 6.61 Å². The molecule has 0 bridgehead atoms. The van der Waals surface area contributed by atoms with Crippen LogP contribution >= 0.6 is 0 Å². The Hall–Kier alpha value is -1.32. The van der Waals surface area contributed by atoms with E-state index >= 15 is 0 Å². The molecule has 0 unspecified atom stereocenters. The van der Waals surface area contributed by atoms with E-state index in [9.17, 15) is 9.59 Å². The van der Waals surface area contributed by atoms with Gasteiger partial charge in [-0.05, 0) is 13.0 Å². The minimum Gasteiger partial charge on any atom is -0.460 e. The molecule has 0 aromatic carbocycles. The highest BCUT2D eigenvalue weighted by atomic mass is 16.6. The van der Waals surface area contributed by atoms with Gasteiger partial charge in [0, 0.05) is 6.92 Å². The maximum absolute atomic E-state index is 11.2. The van der Waals surface area contributed by atoms with Gasteiger partial charge in [-0.25, -0.2) is 4.79 Å². The number of esters is 2. The Labute approximate surface area is 103 Å². The molecule has 0 radical (unpaired) electrons. The molecule has 0 fully saturated rings. The molecule has 0 saturated heterocycles. The van der Waals surface area contributed by atoms with Gasteiger partial charge in [-0.1, -0.05) is 39.0 Å². The van der Waals surface area contributed by atoms with Crippen molar-refractivity contribution in [3.8, 4) is 0 Å². The predicted octanol–water partition coefficient (Wildman–Crippen LogP) is 2.97. The van der Waals surface area contributed by atoms with Crippen LogP contribution in [0, 0.1) is 0 Å². The molecule has 0 N–H and O–H groups in total. The Morgan fingerprint density at radius 2 is 1.65 bits per heavy atom. The number of hydrogen-bond donors (Lipinski definition) is 0. The minimum absolute atomic E-state index is 0.247. The summed E-state index contributed by atoms with van der Waals surface area (Å²) in [6.07, 6.45) is 6.75. The van der Waals surface area contributed by atoms with Gasteiger partial charge >= 0.3 is 11.9 Å². The van der Waals surface area contributed by atoms with Gasteiger partial charge in [0.15, 0.2) is 0 Å². The first-order valence-electron chi connectivity index (χ1n) is 6.12. The molecule has 4 heteroatoms. The van der Waals surface area contributed by atoms with E-state index in [2.05, 4.69) is 18.2 Å². The molecular weight excluding hydrogens is 220 g/mol. The summed E-state index contributed by atoms with van der Waals surface area (Å²) in [6, 6.07) is 0. The Balaban J connectivity index is 3.45. The van der Waals surface area contributed by atoms with Crippen LogP contribution in [-0.4, -0.2) is 18.5 Å². The lowest BCUT2D eigenvalue weighted by molar-refractivity contribution is -0.150. The summed E-state index contributed by atoms with van der Waals surface area (Å²) >= 11 is 0. The molecule has 0 atom stereocenters. The van der Waals surface area contributed by atoms with E-state index in [1.807, 2.05) is 0 Å². The monoisotopic (exact) mass is 242 g/mol. The van der Waals surface area contributed by atoms with Gasteiger partial charge < -0.3 is 9.47 Å². The maximum Gasteiger partial charge on any atom is 0.373 e. The normalized spacial score (nSPS) is 9.76. The molecule has 0 heterocycles. The van der Waals surface area contributed by atoms with Crippen molar-refractivity contribution in [2.75, 3.05) is 6.61 Å². The summed E-state index contributed by atoms with van der Waals surface area (Å²) in [5, 5.41) is 0. The molecule has 0 aliphatic rings.